The van der Waals surface area contributed by atoms with Gasteiger partial charge in [-0.1, -0.05) is 13.3 Å². The predicted octanol–water partition coefficient (Wildman–Crippen LogP) is 2.99. The molecule has 1 aromatic carbocycles. The van der Waals surface area contributed by atoms with Crippen LogP contribution < -0.4 is 5.32 Å². The lowest BCUT2D eigenvalue weighted by molar-refractivity contribution is -0.122. The van der Waals surface area contributed by atoms with Gasteiger partial charge in [-0.25, -0.2) is 0 Å². The average Bonchev–Trinajstić information content (AvgIpc) is 2.96. The van der Waals surface area contributed by atoms with Gasteiger partial charge in [0.1, 0.15) is 0 Å². The molecule has 0 radical (unpaired) electrons. The number of piperidine rings is 1. The van der Waals surface area contributed by atoms with Gasteiger partial charge in [-0.15, -0.1) is 0 Å². The molecule has 1 saturated heterocycles. The van der Waals surface area contributed by atoms with Crippen molar-refractivity contribution in [2.75, 3.05) is 13.1 Å². The minimum atomic E-state index is -0.624. The lowest BCUT2D eigenvalue weighted by Crippen LogP contribution is -2.46. The van der Waals surface area contributed by atoms with E-state index in [2.05, 4.69) is 12.2 Å². The van der Waals surface area contributed by atoms with Crippen molar-refractivity contribution in [3.05, 3.63) is 34.9 Å². The van der Waals surface area contributed by atoms with E-state index in [0.29, 0.717) is 49.0 Å². The summed E-state index contributed by atoms with van der Waals surface area (Å²) in [5.74, 6) is -0.748. The molecule has 0 saturated carbocycles. The molecule has 4 amide bonds. The van der Waals surface area contributed by atoms with Gasteiger partial charge in [-0.05, 0) is 58.2 Å². The van der Waals surface area contributed by atoms with Crippen LogP contribution in [0.15, 0.2) is 18.2 Å². The maximum Gasteiger partial charge on any atom is 0.262 e. The van der Waals surface area contributed by atoms with Gasteiger partial charge in [0.15, 0.2) is 0 Å². The molecule has 2 heterocycles. The third-order valence-corrected chi connectivity index (χ3v) is 5.71. The molecule has 30 heavy (non-hydrogen) atoms. The summed E-state index contributed by atoms with van der Waals surface area (Å²) < 4.78 is 0. The fourth-order valence-electron chi connectivity index (χ4n) is 4.03. The van der Waals surface area contributed by atoms with E-state index in [1.54, 1.807) is 23.1 Å². The lowest BCUT2D eigenvalue weighted by atomic mass is 10.0. The molecule has 3 rings (SSSR count). The van der Waals surface area contributed by atoms with Crippen LogP contribution in [0, 0.1) is 0 Å². The van der Waals surface area contributed by atoms with Crippen LogP contribution in [0.2, 0.25) is 0 Å². The van der Waals surface area contributed by atoms with E-state index in [1.807, 2.05) is 20.8 Å². The molecule has 0 spiro atoms. The van der Waals surface area contributed by atoms with E-state index >= 15 is 0 Å². The quantitative estimate of drug-likeness (QED) is 0.752. The number of imide groups is 1. The van der Waals surface area contributed by atoms with Crippen molar-refractivity contribution in [2.45, 2.75) is 71.4 Å². The fourth-order valence-corrected chi connectivity index (χ4v) is 4.03. The van der Waals surface area contributed by atoms with Crippen molar-refractivity contribution in [2.24, 2.45) is 0 Å². The Balaban J connectivity index is 1.65. The zero-order valence-electron chi connectivity index (χ0n) is 18.3. The smallest absolute Gasteiger partial charge is 0.262 e. The number of hydrogen-bond donors (Lipinski definition) is 1. The van der Waals surface area contributed by atoms with E-state index in [9.17, 15) is 19.2 Å². The van der Waals surface area contributed by atoms with Crippen LogP contribution in [0.25, 0.3) is 0 Å². The van der Waals surface area contributed by atoms with E-state index in [1.165, 1.54) is 4.90 Å². The summed E-state index contributed by atoms with van der Waals surface area (Å²) in [5.41, 5.74) is 0.427. The number of fused-ring (bicyclic) bond motifs is 1. The first-order chi connectivity index (χ1) is 14.1. The normalized spacial score (nSPS) is 17.3. The molecule has 0 unspecified atom stereocenters. The van der Waals surface area contributed by atoms with E-state index in [0.717, 1.165) is 12.8 Å². The van der Waals surface area contributed by atoms with Gasteiger partial charge in [0.05, 0.1) is 11.1 Å². The zero-order chi connectivity index (χ0) is 22.1. The summed E-state index contributed by atoms with van der Waals surface area (Å²) in [6.45, 7) is 8.59. The van der Waals surface area contributed by atoms with Crippen molar-refractivity contribution in [3.63, 3.8) is 0 Å². The molecule has 2 aliphatic rings. The summed E-state index contributed by atoms with van der Waals surface area (Å²) in [4.78, 5) is 53.2. The van der Waals surface area contributed by atoms with Crippen molar-refractivity contribution < 1.29 is 19.2 Å². The fraction of sp³-hybridized carbons (Fsp3) is 0.565. The van der Waals surface area contributed by atoms with Crippen LogP contribution in [0.1, 0.15) is 90.9 Å². The summed E-state index contributed by atoms with van der Waals surface area (Å²) in [6, 6.07) is 4.84. The molecule has 162 valence electrons. The Morgan fingerprint density at radius 3 is 2.30 bits per heavy atom. The molecule has 1 aromatic rings. The minimum absolute atomic E-state index is 0.0758. The van der Waals surface area contributed by atoms with Crippen LogP contribution in [0.5, 0.6) is 0 Å². The van der Waals surface area contributed by atoms with Crippen LogP contribution in [0.4, 0.5) is 0 Å². The van der Waals surface area contributed by atoms with Crippen LogP contribution in [-0.2, 0) is 4.79 Å². The van der Waals surface area contributed by atoms with Crippen molar-refractivity contribution in [3.8, 4) is 0 Å². The summed E-state index contributed by atoms with van der Waals surface area (Å²) in [5, 5.41) is 3.05. The number of hydrogen-bond acceptors (Lipinski definition) is 4. The Morgan fingerprint density at radius 1 is 1.07 bits per heavy atom. The third-order valence-electron chi connectivity index (χ3n) is 5.71. The van der Waals surface area contributed by atoms with Crippen molar-refractivity contribution >= 4 is 23.6 Å². The Kier molecular flexibility index (Phi) is 6.29. The number of nitrogens with zero attached hydrogens (tertiary/aromatic N) is 2. The zero-order valence-corrected chi connectivity index (χ0v) is 18.3. The summed E-state index contributed by atoms with van der Waals surface area (Å²) >= 11 is 0. The molecular formula is C23H31N3O4. The number of carbonyl (C=O) groups excluding carboxylic acids is 4. The first kappa shape index (κ1) is 22.0. The highest BCUT2D eigenvalue weighted by Gasteiger charge is 2.42. The molecule has 2 aliphatic heterocycles. The molecular weight excluding hydrogens is 382 g/mol. The van der Waals surface area contributed by atoms with E-state index in [4.69, 9.17) is 0 Å². The monoisotopic (exact) mass is 413 g/mol. The second kappa shape index (κ2) is 8.58. The molecule has 7 heteroatoms. The Labute approximate surface area is 177 Å². The highest BCUT2D eigenvalue weighted by atomic mass is 16.2. The first-order valence-electron chi connectivity index (χ1n) is 10.7. The number of rotatable bonds is 5. The standard InChI is InChI=1S/C23H31N3O4/c1-5-6-7-19(27)24-16-10-12-25(13-11-16)20(28)15-8-9-17-18(14-15)22(30)26(21(17)29)23(2,3)4/h8-9,14,16H,5-7,10-13H2,1-4H3,(H,24,27). The lowest BCUT2D eigenvalue weighted by Gasteiger charge is -2.32. The SMILES string of the molecule is CCCCC(=O)NC1CCN(C(=O)c2ccc3c(c2)C(=O)N(C(C)(C)C)C3=O)CC1. The highest BCUT2D eigenvalue weighted by molar-refractivity contribution is 6.22. The largest absolute Gasteiger partial charge is 0.353 e. The Hall–Kier alpha value is -2.70. The average molecular weight is 414 g/mol. The number of carbonyl (C=O) groups is 4. The van der Waals surface area contributed by atoms with Crippen LogP contribution >= 0.6 is 0 Å². The van der Waals surface area contributed by atoms with Gasteiger partial charge < -0.3 is 10.2 Å². The molecule has 0 aromatic heterocycles. The number of amides is 4. The second-order valence-electron chi connectivity index (χ2n) is 9.11. The van der Waals surface area contributed by atoms with Crippen LogP contribution in [-0.4, -0.2) is 58.1 Å². The van der Waals surface area contributed by atoms with Crippen LogP contribution in [0.3, 0.4) is 0 Å². The molecule has 7 nitrogen and oxygen atoms in total. The number of unbranched alkanes of at least 4 members (excludes halogenated alkanes) is 1. The number of likely N-dealkylation sites (tertiary alicyclic amines) is 1. The van der Waals surface area contributed by atoms with Gasteiger partial charge in [0, 0.05) is 36.7 Å². The molecule has 1 N–H and O–H groups in total. The Morgan fingerprint density at radius 2 is 1.70 bits per heavy atom. The van der Waals surface area contributed by atoms with Gasteiger partial charge >= 0.3 is 0 Å². The maximum atomic E-state index is 13.0. The van der Waals surface area contributed by atoms with Gasteiger partial charge in [-0.3, -0.25) is 24.1 Å². The van der Waals surface area contributed by atoms with Gasteiger partial charge in [0.2, 0.25) is 5.91 Å². The van der Waals surface area contributed by atoms with E-state index < -0.39 is 5.54 Å². The van der Waals surface area contributed by atoms with Gasteiger partial charge in [-0.2, -0.15) is 0 Å². The number of nitrogens with one attached hydrogen (secondary N) is 1. The molecule has 0 bridgehead atoms. The summed E-state index contributed by atoms with van der Waals surface area (Å²) in [7, 11) is 0. The maximum absolute atomic E-state index is 13.0. The van der Waals surface area contributed by atoms with Crippen molar-refractivity contribution in [1.82, 2.24) is 15.1 Å². The first-order valence-corrected chi connectivity index (χ1v) is 10.7. The third kappa shape index (κ3) is 4.40. The predicted molar refractivity (Wildman–Crippen MR) is 113 cm³/mol. The topological polar surface area (TPSA) is 86.8 Å². The van der Waals surface area contributed by atoms with E-state index in [-0.39, 0.29) is 29.7 Å². The molecule has 0 atom stereocenters. The second-order valence-corrected chi connectivity index (χ2v) is 9.11. The highest BCUT2D eigenvalue weighted by Crippen LogP contribution is 2.30. The minimum Gasteiger partial charge on any atom is -0.353 e. The summed E-state index contributed by atoms with van der Waals surface area (Å²) in [6.07, 6.45) is 3.84. The number of benzene rings is 1. The Bertz CT molecular complexity index is 864. The molecule has 1 fully saturated rings. The van der Waals surface area contributed by atoms with Crippen molar-refractivity contribution in [1.29, 1.82) is 0 Å². The van der Waals surface area contributed by atoms with Gasteiger partial charge in [0.25, 0.3) is 17.7 Å². The molecule has 0 aliphatic carbocycles.